The molecule has 4 rings (SSSR count). The zero-order valence-electron chi connectivity index (χ0n) is 13.2. The van der Waals surface area contributed by atoms with Crippen molar-refractivity contribution < 1.29 is 0 Å². The summed E-state index contributed by atoms with van der Waals surface area (Å²) in [5, 5.41) is 0.973. The maximum atomic E-state index is 13.0. The molecule has 0 N–H and O–H groups in total. The highest BCUT2D eigenvalue weighted by atomic mass is 32.1. The van der Waals surface area contributed by atoms with Crippen LogP contribution in [0.1, 0.15) is 12.5 Å². The van der Waals surface area contributed by atoms with Gasteiger partial charge in [-0.25, -0.2) is 4.79 Å². The fourth-order valence-corrected chi connectivity index (χ4v) is 4.25. The summed E-state index contributed by atoms with van der Waals surface area (Å²) >= 11 is 1.46. The molecular weight excluding hydrogens is 320 g/mol. The van der Waals surface area contributed by atoms with E-state index in [0.29, 0.717) is 17.8 Å². The third kappa shape index (κ3) is 2.20. The first-order chi connectivity index (χ1) is 11.7. The van der Waals surface area contributed by atoms with E-state index in [2.05, 4.69) is 0 Å². The standard InChI is InChI=1S/C19H16N2O2S/c1-2-20-16-14-10-6-7-11-15(14)24-17(16)18(22)21(19(20)23)12-13-8-4-3-5-9-13/h3-11H,2,12H2,1H3. The first-order valence-corrected chi connectivity index (χ1v) is 8.71. The molecule has 0 unspecified atom stereocenters. The van der Waals surface area contributed by atoms with E-state index in [1.165, 1.54) is 15.9 Å². The number of fused-ring (bicyclic) bond motifs is 3. The predicted molar refractivity (Wildman–Crippen MR) is 99.1 cm³/mol. The molecule has 0 radical (unpaired) electrons. The third-order valence-corrected chi connectivity index (χ3v) is 5.39. The Labute approximate surface area is 142 Å². The van der Waals surface area contributed by atoms with Crippen molar-refractivity contribution in [1.29, 1.82) is 0 Å². The van der Waals surface area contributed by atoms with Gasteiger partial charge in [-0.05, 0) is 18.6 Å². The summed E-state index contributed by atoms with van der Waals surface area (Å²) < 4.78 is 4.73. The van der Waals surface area contributed by atoms with Gasteiger partial charge in [-0.3, -0.25) is 13.9 Å². The van der Waals surface area contributed by atoms with Crippen LogP contribution >= 0.6 is 11.3 Å². The average molecular weight is 336 g/mol. The van der Waals surface area contributed by atoms with E-state index >= 15 is 0 Å². The van der Waals surface area contributed by atoms with Gasteiger partial charge in [0, 0.05) is 16.6 Å². The Morgan fingerprint density at radius 2 is 1.62 bits per heavy atom. The van der Waals surface area contributed by atoms with Crippen LogP contribution in [0.5, 0.6) is 0 Å². The molecule has 120 valence electrons. The lowest BCUT2D eigenvalue weighted by atomic mass is 10.2. The van der Waals surface area contributed by atoms with Crippen molar-refractivity contribution in [1.82, 2.24) is 9.13 Å². The van der Waals surface area contributed by atoms with Gasteiger partial charge in [0.1, 0.15) is 4.70 Å². The Morgan fingerprint density at radius 3 is 2.38 bits per heavy atom. The highest BCUT2D eigenvalue weighted by Crippen LogP contribution is 2.30. The number of thiophene rings is 1. The molecule has 0 aliphatic rings. The summed E-state index contributed by atoms with van der Waals surface area (Å²) in [5.41, 5.74) is 1.25. The highest BCUT2D eigenvalue weighted by molar-refractivity contribution is 7.25. The van der Waals surface area contributed by atoms with Crippen LogP contribution in [0.3, 0.4) is 0 Å². The summed E-state index contributed by atoms with van der Waals surface area (Å²) in [6.07, 6.45) is 0. The van der Waals surface area contributed by atoms with Crippen LogP contribution in [-0.2, 0) is 13.1 Å². The Hall–Kier alpha value is -2.66. The summed E-state index contributed by atoms with van der Waals surface area (Å²) in [6.45, 7) is 2.76. The number of nitrogens with zero attached hydrogens (tertiary/aromatic N) is 2. The van der Waals surface area contributed by atoms with Crippen LogP contribution < -0.4 is 11.2 Å². The normalized spacial score (nSPS) is 11.4. The lowest BCUT2D eigenvalue weighted by Gasteiger charge is -2.11. The molecule has 5 heteroatoms. The van der Waals surface area contributed by atoms with Crippen LogP contribution in [0.25, 0.3) is 20.3 Å². The quantitative estimate of drug-likeness (QED) is 0.575. The van der Waals surface area contributed by atoms with Crippen LogP contribution in [0, 0.1) is 0 Å². The minimum atomic E-state index is -0.248. The van der Waals surface area contributed by atoms with E-state index in [0.717, 1.165) is 21.2 Å². The molecule has 0 aliphatic carbocycles. The molecule has 4 nitrogen and oxygen atoms in total. The molecule has 0 spiro atoms. The Bertz CT molecular complexity index is 1150. The number of rotatable bonds is 3. The minimum absolute atomic E-state index is 0.204. The van der Waals surface area contributed by atoms with Gasteiger partial charge in [0.2, 0.25) is 0 Å². The van der Waals surface area contributed by atoms with E-state index in [9.17, 15) is 9.59 Å². The van der Waals surface area contributed by atoms with Crippen LogP contribution in [0.4, 0.5) is 0 Å². The summed E-state index contributed by atoms with van der Waals surface area (Å²) in [4.78, 5) is 25.9. The molecule has 0 bridgehead atoms. The molecule has 0 atom stereocenters. The van der Waals surface area contributed by atoms with Gasteiger partial charge in [-0.2, -0.15) is 0 Å². The SMILES string of the molecule is CCn1c(=O)n(Cc2ccccc2)c(=O)c2sc3ccccc3c21. The Morgan fingerprint density at radius 1 is 0.917 bits per heavy atom. The van der Waals surface area contributed by atoms with Gasteiger partial charge in [0.05, 0.1) is 12.1 Å². The molecule has 0 saturated heterocycles. The molecule has 0 saturated carbocycles. The highest BCUT2D eigenvalue weighted by Gasteiger charge is 2.17. The fraction of sp³-hybridized carbons (Fsp3) is 0.158. The van der Waals surface area contributed by atoms with Crippen molar-refractivity contribution in [3.05, 3.63) is 81.0 Å². The summed E-state index contributed by atoms with van der Waals surface area (Å²) in [6, 6.07) is 17.5. The number of hydrogen-bond acceptors (Lipinski definition) is 3. The van der Waals surface area contributed by atoms with Crippen molar-refractivity contribution in [2.75, 3.05) is 0 Å². The molecule has 24 heavy (non-hydrogen) atoms. The second-order valence-electron chi connectivity index (χ2n) is 5.68. The molecule has 0 fully saturated rings. The first-order valence-electron chi connectivity index (χ1n) is 7.89. The second-order valence-corrected chi connectivity index (χ2v) is 6.73. The van der Waals surface area contributed by atoms with Gasteiger partial charge in [-0.1, -0.05) is 48.5 Å². The molecule has 0 aliphatic heterocycles. The lowest BCUT2D eigenvalue weighted by Crippen LogP contribution is -2.39. The van der Waals surface area contributed by atoms with Crippen LogP contribution in [0.2, 0.25) is 0 Å². The Balaban J connectivity index is 2.07. The van der Waals surface area contributed by atoms with E-state index in [4.69, 9.17) is 0 Å². The van der Waals surface area contributed by atoms with Gasteiger partial charge in [-0.15, -0.1) is 11.3 Å². The molecule has 0 amide bonds. The average Bonchev–Trinajstić information content (AvgIpc) is 3.00. The van der Waals surface area contributed by atoms with Crippen LogP contribution in [-0.4, -0.2) is 9.13 Å². The third-order valence-electron chi connectivity index (χ3n) is 4.24. The molecule has 4 aromatic rings. The molecule has 2 heterocycles. The molecule has 2 aromatic heterocycles. The minimum Gasteiger partial charge on any atom is -0.292 e. The second kappa shape index (κ2) is 5.76. The van der Waals surface area contributed by atoms with Crippen molar-refractivity contribution in [3.63, 3.8) is 0 Å². The largest absolute Gasteiger partial charge is 0.331 e. The van der Waals surface area contributed by atoms with E-state index in [-0.39, 0.29) is 11.2 Å². The number of aryl methyl sites for hydroxylation is 1. The molecule has 2 aromatic carbocycles. The zero-order chi connectivity index (χ0) is 16.7. The van der Waals surface area contributed by atoms with Crippen molar-refractivity contribution in [2.45, 2.75) is 20.0 Å². The van der Waals surface area contributed by atoms with Gasteiger partial charge >= 0.3 is 5.69 Å². The van der Waals surface area contributed by atoms with E-state index in [1.807, 2.05) is 61.5 Å². The predicted octanol–water partition coefficient (Wildman–Crippen LogP) is 3.45. The maximum Gasteiger partial charge on any atom is 0.331 e. The lowest BCUT2D eigenvalue weighted by molar-refractivity contribution is 0.626. The van der Waals surface area contributed by atoms with Crippen molar-refractivity contribution in [2.24, 2.45) is 0 Å². The molecular formula is C19H16N2O2S. The summed E-state index contributed by atoms with van der Waals surface area (Å²) in [7, 11) is 0. The maximum absolute atomic E-state index is 13.0. The van der Waals surface area contributed by atoms with Gasteiger partial charge < -0.3 is 0 Å². The van der Waals surface area contributed by atoms with Gasteiger partial charge in [0.15, 0.2) is 0 Å². The van der Waals surface area contributed by atoms with Crippen molar-refractivity contribution in [3.8, 4) is 0 Å². The number of aromatic nitrogens is 2. The van der Waals surface area contributed by atoms with Crippen LogP contribution in [0.15, 0.2) is 64.2 Å². The van der Waals surface area contributed by atoms with E-state index in [1.54, 1.807) is 4.57 Å². The monoisotopic (exact) mass is 336 g/mol. The first kappa shape index (κ1) is 14.9. The van der Waals surface area contributed by atoms with E-state index < -0.39 is 0 Å². The Kier molecular flexibility index (Phi) is 3.58. The zero-order valence-corrected chi connectivity index (χ0v) is 14.0. The fourth-order valence-electron chi connectivity index (χ4n) is 3.09. The van der Waals surface area contributed by atoms with Crippen molar-refractivity contribution >= 4 is 31.6 Å². The smallest absolute Gasteiger partial charge is 0.292 e. The topological polar surface area (TPSA) is 44.0 Å². The summed E-state index contributed by atoms with van der Waals surface area (Å²) in [5.74, 6) is 0. The van der Waals surface area contributed by atoms with Gasteiger partial charge in [0.25, 0.3) is 5.56 Å². The number of benzene rings is 2. The number of hydrogen-bond donors (Lipinski definition) is 0.